The zero-order valence-corrected chi connectivity index (χ0v) is 16.9. The molecule has 0 fully saturated rings. The molecule has 0 radical (unpaired) electrons. The monoisotopic (exact) mass is 458 g/mol. The van der Waals surface area contributed by atoms with Gasteiger partial charge in [0, 0.05) is 36.3 Å². The molecule has 0 aliphatic heterocycles. The number of amides is 1. The lowest BCUT2D eigenvalue weighted by molar-refractivity contribution is -0.384. The average molecular weight is 459 g/mol. The number of nitrogens with zero attached hydrogens (tertiary/aromatic N) is 3. The number of benzene rings is 2. The van der Waals surface area contributed by atoms with Crippen molar-refractivity contribution in [2.75, 3.05) is 5.32 Å². The molecule has 1 heterocycles. The first-order chi connectivity index (χ1) is 13.7. The lowest BCUT2D eigenvalue weighted by Crippen LogP contribution is -2.20. The fourth-order valence-electron chi connectivity index (χ4n) is 2.42. The molecule has 0 atom stereocenters. The molecule has 3 aromatic rings. The van der Waals surface area contributed by atoms with E-state index < -0.39 is 28.3 Å². The predicted molar refractivity (Wildman–Crippen MR) is 108 cm³/mol. The third-order valence-corrected chi connectivity index (χ3v) is 4.89. The van der Waals surface area contributed by atoms with Crippen LogP contribution in [0, 0.1) is 27.6 Å². The second-order valence-corrected chi connectivity index (χ2v) is 6.76. The molecule has 1 aromatic heterocycles. The number of halogens is 4. The first-order valence-corrected chi connectivity index (χ1v) is 8.99. The van der Waals surface area contributed by atoms with Crippen molar-refractivity contribution in [2.45, 2.75) is 6.42 Å². The lowest BCUT2D eigenvalue weighted by atomic mass is 10.2. The van der Waals surface area contributed by atoms with E-state index >= 15 is 0 Å². The molecule has 7 nitrogen and oxygen atoms in total. The molecule has 12 heteroatoms. The van der Waals surface area contributed by atoms with Crippen molar-refractivity contribution in [1.29, 1.82) is 0 Å². The molecule has 158 valence electrons. The van der Waals surface area contributed by atoms with E-state index in [1.807, 2.05) is 0 Å². The fraction of sp³-hybridized carbons (Fsp3) is 0.111. The number of hydrogen-bond acceptors (Lipinski definition) is 5. The second kappa shape index (κ2) is 9.55. The van der Waals surface area contributed by atoms with Gasteiger partial charge in [-0.25, -0.2) is 18.2 Å². The number of nitrogens with one attached hydrogen (secondary N) is 1. The third kappa shape index (κ3) is 5.24. The Kier molecular flexibility index (Phi) is 7.35. The van der Waals surface area contributed by atoms with Crippen LogP contribution in [0.2, 0.25) is 0 Å². The van der Waals surface area contributed by atoms with E-state index in [1.54, 1.807) is 12.4 Å². The Balaban J connectivity index is 0.00000320. The smallest absolute Gasteiger partial charge is 0.271 e. The summed E-state index contributed by atoms with van der Waals surface area (Å²) >= 11 is 1.13. The molecule has 0 bridgehead atoms. The van der Waals surface area contributed by atoms with Gasteiger partial charge in [0.25, 0.3) is 5.69 Å². The maximum atomic E-state index is 13.8. The summed E-state index contributed by atoms with van der Waals surface area (Å²) in [6, 6.07) is 5.81. The fourth-order valence-corrected chi connectivity index (χ4v) is 3.33. The Morgan fingerprint density at radius 2 is 1.93 bits per heavy atom. The molecule has 1 N–H and O–H groups in total. The SMILES string of the molecule is Cl.Cn1c(CC(=O)Nc2cc([N+](=O)[O-])ccc2F)csc1=Nc1ccc(F)cc1F. The van der Waals surface area contributed by atoms with Crippen LogP contribution in [0.25, 0.3) is 0 Å². The summed E-state index contributed by atoms with van der Waals surface area (Å²) in [5.74, 6) is -2.94. The topological polar surface area (TPSA) is 89.5 Å². The Morgan fingerprint density at radius 3 is 2.60 bits per heavy atom. The van der Waals surface area contributed by atoms with Gasteiger partial charge in [0.2, 0.25) is 5.91 Å². The number of carbonyl (C=O) groups excluding carboxylic acids is 1. The highest BCUT2D eigenvalue weighted by Crippen LogP contribution is 2.22. The van der Waals surface area contributed by atoms with Gasteiger partial charge in [0.05, 0.1) is 17.0 Å². The maximum Gasteiger partial charge on any atom is 0.271 e. The number of nitro groups is 1. The second-order valence-electron chi connectivity index (χ2n) is 5.92. The molecule has 2 aromatic carbocycles. The van der Waals surface area contributed by atoms with Gasteiger partial charge < -0.3 is 9.88 Å². The van der Waals surface area contributed by atoms with Crippen LogP contribution >= 0.6 is 23.7 Å². The van der Waals surface area contributed by atoms with Gasteiger partial charge >= 0.3 is 0 Å². The van der Waals surface area contributed by atoms with Gasteiger partial charge in [-0.1, -0.05) is 0 Å². The highest BCUT2D eigenvalue weighted by Gasteiger charge is 2.15. The Bertz CT molecular complexity index is 1180. The van der Waals surface area contributed by atoms with E-state index in [2.05, 4.69) is 10.3 Å². The minimum absolute atomic E-state index is 0. The Labute approximate surface area is 178 Å². The lowest BCUT2D eigenvalue weighted by Gasteiger charge is -2.07. The number of carbonyl (C=O) groups is 1. The highest BCUT2D eigenvalue weighted by molar-refractivity contribution is 7.07. The van der Waals surface area contributed by atoms with Gasteiger partial charge in [-0.15, -0.1) is 23.7 Å². The van der Waals surface area contributed by atoms with Gasteiger partial charge in [-0.2, -0.15) is 0 Å². The summed E-state index contributed by atoms with van der Waals surface area (Å²) in [6.07, 6.45) is -0.170. The van der Waals surface area contributed by atoms with E-state index in [1.165, 1.54) is 10.6 Å². The summed E-state index contributed by atoms with van der Waals surface area (Å²) in [6.45, 7) is 0. The molecule has 0 aliphatic carbocycles. The number of anilines is 1. The Morgan fingerprint density at radius 1 is 1.20 bits per heavy atom. The first kappa shape index (κ1) is 23.1. The number of hydrogen-bond donors (Lipinski definition) is 1. The van der Waals surface area contributed by atoms with Gasteiger partial charge in [-0.3, -0.25) is 14.9 Å². The minimum atomic E-state index is -0.821. The van der Waals surface area contributed by atoms with E-state index in [0.29, 0.717) is 16.6 Å². The van der Waals surface area contributed by atoms with Crippen molar-refractivity contribution in [2.24, 2.45) is 12.0 Å². The number of nitro benzene ring substituents is 1. The summed E-state index contributed by atoms with van der Waals surface area (Å²) in [5.41, 5.74) is -0.219. The van der Waals surface area contributed by atoms with Crippen molar-refractivity contribution < 1.29 is 22.9 Å². The standard InChI is InChI=1S/C18H13F3N4O3S.ClH/c1-24-12(9-29-18(24)23-15-5-2-10(19)6-14(15)21)8-17(26)22-16-7-11(25(27)28)3-4-13(16)20;/h2-7,9H,8H2,1H3,(H,22,26);1H. The summed E-state index contributed by atoms with van der Waals surface area (Å²) in [5, 5.41) is 14.7. The van der Waals surface area contributed by atoms with Crippen LogP contribution in [-0.4, -0.2) is 15.4 Å². The van der Waals surface area contributed by atoms with Gasteiger partial charge in [-0.05, 0) is 18.2 Å². The van der Waals surface area contributed by atoms with Crippen molar-refractivity contribution in [3.05, 3.63) is 79.8 Å². The molecule has 3 rings (SSSR count). The molecule has 1 amide bonds. The van der Waals surface area contributed by atoms with Crippen LogP contribution in [0.1, 0.15) is 5.69 Å². The molecule has 0 saturated heterocycles. The normalized spacial score (nSPS) is 11.1. The summed E-state index contributed by atoms with van der Waals surface area (Å²) in [4.78, 5) is 26.8. The van der Waals surface area contributed by atoms with E-state index in [4.69, 9.17) is 0 Å². The maximum absolute atomic E-state index is 13.8. The van der Waals surface area contributed by atoms with Gasteiger partial charge in [0.15, 0.2) is 10.6 Å². The Hall–Kier alpha value is -3.18. The molecule has 0 saturated carbocycles. The van der Waals surface area contributed by atoms with Crippen molar-refractivity contribution >= 4 is 46.7 Å². The van der Waals surface area contributed by atoms with Crippen molar-refractivity contribution in [1.82, 2.24) is 4.57 Å². The predicted octanol–water partition coefficient (Wildman–Crippen LogP) is 4.25. The van der Waals surface area contributed by atoms with Crippen LogP contribution in [0.5, 0.6) is 0 Å². The largest absolute Gasteiger partial charge is 0.323 e. The highest BCUT2D eigenvalue weighted by atomic mass is 35.5. The number of rotatable bonds is 5. The van der Waals surface area contributed by atoms with Crippen LogP contribution in [0.3, 0.4) is 0 Å². The third-order valence-electron chi connectivity index (χ3n) is 3.92. The number of thiazole rings is 1. The minimum Gasteiger partial charge on any atom is -0.323 e. The van der Waals surface area contributed by atoms with Crippen LogP contribution in [-0.2, 0) is 18.3 Å². The zero-order valence-electron chi connectivity index (χ0n) is 15.3. The average Bonchev–Trinajstić information content (AvgIpc) is 2.99. The quantitative estimate of drug-likeness (QED) is 0.458. The van der Waals surface area contributed by atoms with Crippen LogP contribution in [0.4, 0.5) is 30.2 Å². The molecule has 0 aliphatic rings. The van der Waals surface area contributed by atoms with E-state index in [0.717, 1.165) is 35.6 Å². The van der Waals surface area contributed by atoms with Crippen molar-refractivity contribution in [3.63, 3.8) is 0 Å². The molecule has 0 spiro atoms. The molecular formula is C18H14ClF3N4O3S. The first-order valence-electron chi connectivity index (χ1n) is 8.11. The molecule has 30 heavy (non-hydrogen) atoms. The van der Waals surface area contributed by atoms with E-state index in [-0.39, 0.29) is 35.9 Å². The number of non-ortho nitro benzene ring substituents is 1. The van der Waals surface area contributed by atoms with E-state index in [9.17, 15) is 28.1 Å². The zero-order chi connectivity index (χ0) is 21.1. The number of aromatic nitrogens is 1. The van der Waals surface area contributed by atoms with Crippen LogP contribution in [0.15, 0.2) is 46.8 Å². The van der Waals surface area contributed by atoms with Crippen LogP contribution < -0.4 is 10.1 Å². The summed E-state index contributed by atoms with van der Waals surface area (Å²) < 4.78 is 42.1. The molecule has 0 unspecified atom stereocenters. The van der Waals surface area contributed by atoms with Crippen molar-refractivity contribution in [3.8, 4) is 0 Å². The molecular weight excluding hydrogens is 445 g/mol. The summed E-state index contributed by atoms with van der Waals surface area (Å²) in [7, 11) is 1.60. The van der Waals surface area contributed by atoms with Gasteiger partial charge in [0.1, 0.15) is 17.3 Å².